The minimum absolute atomic E-state index is 0.0565. The molecule has 1 N–H and O–H groups in total. The number of carbonyl (C=O) groups excluding carboxylic acids is 1. The first-order valence-electron chi connectivity index (χ1n) is 7.34. The van der Waals surface area contributed by atoms with Crippen LogP contribution in [0, 0.1) is 0 Å². The van der Waals surface area contributed by atoms with Gasteiger partial charge in [-0.15, -0.1) is 0 Å². The van der Waals surface area contributed by atoms with E-state index < -0.39 is 0 Å². The monoisotopic (exact) mass is 295 g/mol. The third kappa shape index (κ3) is 4.71. The van der Waals surface area contributed by atoms with Crippen LogP contribution in [0.25, 0.3) is 0 Å². The van der Waals surface area contributed by atoms with Crippen molar-refractivity contribution in [2.75, 3.05) is 39.9 Å². The van der Waals surface area contributed by atoms with E-state index in [-0.39, 0.29) is 6.03 Å². The number of ether oxygens (including phenoxy) is 1. The highest BCUT2D eigenvalue weighted by atomic mass is 16.5. The molecule has 1 saturated heterocycles. The number of aryl methyl sites for hydroxylation is 1. The van der Waals surface area contributed by atoms with Crippen molar-refractivity contribution in [1.82, 2.24) is 24.9 Å². The molecule has 118 valence electrons. The topological polar surface area (TPSA) is 62.6 Å². The van der Waals surface area contributed by atoms with Gasteiger partial charge in [-0.2, -0.15) is 5.10 Å². The van der Waals surface area contributed by atoms with Crippen LogP contribution in [-0.4, -0.2) is 71.5 Å². The molecule has 7 nitrogen and oxygen atoms in total. The summed E-state index contributed by atoms with van der Waals surface area (Å²) in [6.45, 7) is 6.76. The number of carbonyl (C=O) groups is 1. The molecule has 1 aromatic rings. The molecule has 1 aliphatic heterocycles. The van der Waals surface area contributed by atoms with Crippen molar-refractivity contribution < 1.29 is 9.53 Å². The Morgan fingerprint density at radius 3 is 2.86 bits per heavy atom. The van der Waals surface area contributed by atoms with E-state index in [1.54, 1.807) is 22.8 Å². The predicted octanol–water partition coefficient (Wildman–Crippen LogP) is 0.282. The molecule has 0 bridgehead atoms. The molecule has 0 aliphatic carbocycles. The molecule has 1 aliphatic rings. The number of nitrogens with zero attached hydrogens (tertiary/aromatic N) is 4. The average Bonchev–Trinajstić information content (AvgIpc) is 2.90. The van der Waals surface area contributed by atoms with Gasteiger partial charge in [-0.25, -0.2) is 4.79 Å². The minimum atomic E-state index is -0.0565. The molecule has 7 heteroatoms. The SMILES string of the molecule is CC(CNC(=O)N(C)Cc1cnn(C)c1)N1CCOCC1. The third-order valence-electron chi connectivity index (χ3n) is 3.74. The van der Waals surface area contributed by atoms with Crippen LogP contribution in [0.3, 0.4) is 0 Å². The number of aromatic nitrogens is 2. The molecule has 1 aromatic heterocycles. The number of urea groups is 1. The smallest absolute Gasteiger partial charge is 0.317 e. The van der Waals surface area contributed by atoms with Crippen molar-refractivity contribution in [3.63, 3.8) is 0 Å². The van der Waals surface area contributed by atoms with Gasteiger partial charge in [0.1, 0.15) is 0 Å². The molecule has 1 fully saturated rings. The fourth-order valence-electron chi connectivity index (χ4n) is 2.42. The molecule has 0 saturated carbocycles. The Labute approximate surface area is 125 Å². The number of morpholine rings is 1. The number of nitrogens with one attached hydrogen (secondary N) is 1. The van der Waals surface area contributed by atoms with E-state index in [9.17, 15) is 4.79 Å². The standard InChI is InChI=1S/C14H25N5O2/c1-12(19-4-6-21-7-5-19)8-15-14(20)17(2)10-13-9-16-18(3)11-13/h9,11-12H,4-8,10H2,1-3H3,(H,15,20). The van der Waals surface area contributed by atoms with E-state index in [0.717, 1.165) is 31.9 Å². The van der Waals surface area contributed by atoms with E-state index in [2.05, 4.69) is 22.2 Å². The Kier molecular flexibility index (Phi) is 5.58. The lowest BCUT2D eigenvalue weighted by Gasteiger charge is -2.32. The molecule has 2 amide bonds. The van der Waals surface area contributed by atoms with E-state index in [1.807, 2.05) is 13.2 Å². The van der Waals surface area contributed by atoms with Gasteiger partial charge in [0.05, 0.1) is 26.0 Å². The summed E-state index contributed by atoms with van der Waals surface area (Å²) in [5.41, 5.74) is 1.02. The molecule has 2 rings (SSSR count). The summed E-state index contributed by atoms with van der Waals surface area (Å²) in [4.78, 5) is 16.1. The fourth-order valence-corrected chi connectivity index (χ4v) is 2.42. The molecular weight excluding hydrogens is 270 g/mol. The highest BCUT2D eigenvalue weighted by Gasteiger charge is 2.18. The van der Waals surface area contributed by atoms with Crippen molar-refractivity contribution in [2.45, 2.75) is 19.5 Å². The predicted molar refractivity (Wildman–Crippen MR) is 79.9 cm³/mol. The van der Waals surface area contributed by atoms with Crippen molar-refractivity contribution in [1.29, 1.82) is 0 Å². The van der Waals surface area contributed by atoms with Gasteiger partial charge in [-0.1, -0.05) is 0 Å². The minimum Gasteiger partial charge on any atom is -0.379 e. The number of hydrogen-bond acceptors (Lipinski definition) is 4. The zero-order valence-corrected chi connectivity index (χ0v) is 13.1. The van der Waals surface area contributed by atoms with E-state index >= 15 is 0 Å². The largest absolute Gasteiger partial charge is 0.379 e. The van der Waals surface area contributed by atoms with Crippen molar-refractivity contribution in [3.8, 4) is 0 Å². The molecule has 0 spiro atoms. The van der Waals surface area contributed by atoms with Crippen LogP contribution in [0.15, 0.2) is 12.4 Å². The van der Waals surface area contributed by atoms with Gasteiger partial charge >= 0.3 is 6.03 Å². The highest BCUT2D eigenvalue weighted by molar-refractivity contribution is 5.73. The van der Waals surface area contributed by atoms with Crippen molar-refractivity contribution in [2.24, 2.45) is 7.05 Å². The zero-order chi connectivity index (χ0) is 15.2. The van der Waals surface area contributed by atoms with Crippen LogP contribution in [-0.2, 0) is 18.3 Å². The summed E-state index contributed by atoms with van der Waals surface area (Å²) in [7, 11) is 3.66. The summed E-state index contributed by atoms with van der Waals surface area (Å²) in [5.74, 6) is 0. The second kappa shape index (κ2) is 7.42. The second-order valence-electron chi connectivity index (χ2n) is 5.56. The van der Waals surface area contributed by atoms with Crippen LogP contribution >= 0.6 is 0 Å². The second-order valence-corrected chi connectivity index (χ2v) is 5.56. The van der Waals surface area contributed by atoms with E-state index in [0.29, 0.717) is 19.1 Å². The van der Waals surface area contributed by atoms with Gasteiger partial charge < -0.3 is 15.0 Å². The fraction of sp³-hybridized carbons (Fsp3) is 0.714. The molecule has 21 heavy (non-hydrogen) atoms. The van der Waals surface area contributed by atoms with Crippen LogP contribution in [0.5, 0.6) is 0 Å². The van der Waals surface area contributed by atoms with Gasteiger partial charge in [0.25, 0.3) is 0 Å². The van der Waals surface area contributed by atoms with Gasteiger partial charge in [0, 0.05) is 51.5 Å². The van der Waals surface area contributed by atoms with E-state index in [4.69, 9.17) is 4.74 Å². The van der Waals surface area contributed by atoms with Crippen LogP contribution in [0.4, 0.5) is 4.79 Å². The van der Waals surface area contributed by atoms with Gasteiger partial charge in [-0.3, -0.25) is 9.58 Å². The first kappa shape index (κ1) is 15.8. The summed E-state index contributed by atoms with van der Waals surface area (Å²) in [6.07, 6.45) is 3.69. The van der Waals surface area contributed by atoms with Gasteiger partial charge in [0.15, 0.2) is 0 Å². The van der Waals surface area contributed by atoms with Crippen LogP contribution in [0.2, 0.25) is 0 Å². The Balaban J connectivity index is 1.72. The lowest BCUT2D eigenvalue weighted by atomic mass is 10.2. The summed E-state index contributed by atoms with van der Waals surface area (Å²) in [5, 5.41) is 7.09. The lowest BCUT2D eigenvalue weighted by Crippen LogP contribution is -2.49. The highest BCUT2D eigenvalue weighted by Crippen LogP contribution is 2.04. The Morgan fingerprint density at radius 2 is 2.24 bits per heavy atom. The third-order valence-corrected chi connectivity index (χ3v) is 3.74. The van der Waals surface area contributed by atoms with Crippen LogP contribution < -0.4 is 5.32 Å². The number of rotatable bonds is 5. The maximum Gasteiger partial charge on any atom is 0.317 e. The van der Waals surface area contributed by atoms with Crippen LogP contribution in [0.1, 0.15) is 12.5 Å². The van der Waals surface area contributed by atoms with E-state index in [1.165, 1.54) is 0 Å². The molecule has 2 heterocycles. The first-order chi connectivity index (χ1) is 10.1. The lowest BCUT2D eigenvalue weighted by molar-refractivity contribution is 0.0207. The maximum atomic E-state index is 12.1. The Hall–Kier alpha value is -1.60. The maximum absolute atomic E-state index is 12.1. The number of amides is 2. The summed E-state index contributed by atoms with van der Waals surface area (Å²) < 4.78 is 7.07. The molecule has 1 atom stereocenters. The number of hydrogen-bond donors (Lipinski definition) is 1. The first-order valence-corrected chi connectivity index (χ1v) is 7.34. The molecule has 1 unspecified atom stereocenters. The Morgan fingerprint density at radius 1 is 1.52 bits per heavy atom. The van der Waals surface area contributed by atoms with Gasteiger partial charge in [0.2, 0.25) is 0 Å². The van der Waals surface area contributed by atoms with Gasteiger partial charge in [-0.05, 0) is 6.92 Å². The molecule has 0 aromatic carbocycles. The van der Waals surface area contributed by atoms with Crippen molar-refractivity contribution >= 4 is 6.03 Å². The Bertz CT molecular complexity index is 456. The average molecular weight is 295 g/mol. The summed E-state index contributed by atoms with van der Waals surface area (Å²) >= 11 is 0. The van der Waals surface area contributed by atoms with Crippen molar-refractivity contribution in [3.05, 3.63) is 18.0 Å². The molecule has 0 radical (unpaired) electrons. The zero-order valence-electron chi connectivity index (χ0n) is 13.1. The molecular formula is C14H25N5O2. The quantitative estimate of drug-likeness (QED) is 0.848. The summed E-state index contributed by atoms with van der Waals surface area (Å²) in [6, 6.07) is 0.267. The normalized spacial score (nSPS) is 17.5.